The highest BCUT2D eigenvalue weighted by molar-refractivity contribution is 9.11. The molecule has 0 radical (unpaired) electrons. The largest absolute Gasteiger partial charge is 0.486 e. The molecule has 11 heteroatoms. The summed E-state index contributed by atoms with van der Waals surface area (Å²) in [5.74, 6) is -2.27. The van der Waals surface area contributed by atoms with E-state index in [-0.39, 0.29) is 23.4 Å². The fourth-order valence-corrected chi connectivity index (χ4v) is 4.94. The Morgan fingerprint density at radius 3 is 2.30 bits per heavy atom. The van der Waals surface area contributed by atoms with Crippen molar-refractivity contribution in [2.75, 3.05) is 12.0 Å². The Morgan fingerprint density at radius 2 is 1.68 bits per heavy atom. The number of halogens is 3. The highest BCUT2D eigenvalue weighted by atomic mass is 79.9. The van der Waals surface area contributed by atoms with E-state index in [9.17, 15) is 23.6 Å². The van der Waals surface area contributed by atoms with Crippen LogP contribution in [0.3, 0.4) is 0 Å². The molecule has 0 unspecified atom stereocenters. The smallest absolute Gasteiger partial charge is 0.337 e. The number of urea groups is 1. The predicted molar refractivity (Wildman–Crippen MR) is 139 cm³/mol. The molecule has 4 rings (SSSR count). The van der Waals surface area contributed by atoms with Crippen molar-refractivity contribution >= 4 is 67.4 Å². The van der Waals surface area contributed by atoms with Gasteiger partial charge in [-0.25, -0.2) is 18.9 Å². The number of hydrogen-bond acceptors (Lipinski definition) is 6. The molecule has 1 heterocycles. The molecule has 188 valence electrons. The number of barbiturate groups is 1. The van der Waals surface area contributed by atoms with Crippen molar-refractivity contribution < 1.29 is 33.0 Å². The number of carbonyl (C=O) groups excluding carboxylic acids is 4. The van der Waals surface area contributed by atoms with Gasteiger partial charge in [-0.3, -0.25) is 14.9 Å². The average molecular weight is 632 g/mol. The summed E-state index contributed by atoms with van der Waals surface area (Å²) >= 11 is 6.80. The Kier molecular flexibility index (Phi) is 7.84. The van der Waals surface area contributed by atoms with E-state index in [2.05, 4.69) is 41.9 Å². The van der Waals surface area contributed by atoms with E-state index in [1.165, 1.54) is 43.5 Å². The molecular formula is C26H17Br2FN2O6. The highest BCUT2D eigenvalue weighted by Crippen LogP contribution is 2.36. The molecule has 1 fully saturated rings. The fourth-order valence-electron chi connectivity index (χ4n) is 3.49. The molecule has 1 aliphatic rings. The number of anilines is 1. The quantitative estimate of drug-likeness (QED) is 0.223. The molecule has 0 aromatic heterocycles. The van der Waals surface area contributed by atoms with Crippen LogP contribution in [0.1, 0.15) is 21.5 Å². The Morgan fingerprint density at radius 1 is 1.03 bits per heavy atom. The molecule has 0 aliphatic carbocycles. The van der Waals surface area contributed by atoms with Crippen LogP contribution in [0.5, 0.6) is 5.75 Å². The summed E-state index contributed by atoms with van der Waals surface area (Å²) in [5, 5.41) is 2.15. The Balaban J connectivity index is 1.60. The summed E-state index contributed by atoms with van der Waals surface area (Å²) in [6.45, 7) is -0.0168. The van der Waals surface area contributed by atoms with Crippen LogP contribution in [-0.2, 0) is 20.9 Å². The minimum absolute atomic E-state index is 0.0168. The first-order valence-corrected chi connectivity index (χ1v) is 12.2. The van der Waals surface area contributed by atoms with Crippen LogP contribution < -0.4 is 15.0 Å². The summed E-state index contributed by atoms with van der Waals surface area (Å²) in [6, 6.07) is 14.1. The normalized spacial score (nSPS) is 14.5. The molecule has 0 saturated carbocycles. The number of rotatable bonds is 6. The third-order valence-corrected chi connectivity index (χ3v) is 6.49. The van der Waals surface area contributed by atoms with Gasteiger partial charge in [-0.1, -0.05) is 18.2 Å². The van der Waals surface area contributed by atoms with E-state index < -0.39 is 29.6 Å². The van der Waals surface area contributed by atoms with E-state index in [1.807, 2.05) is 0 Å². The van der Waals surface area contributed by atoms with Gasteiger partial charge < -0.3 is 9.47 Å². The van der Waals surface area contributed by atoms with Gasteiger partial charge >= 0.3 is 12.0 Å². The monoisotopic (exact) mass is 630 g/mol. The third-order valence-electron chi connectivity index (χ3n) is 5.31. The standard InChI is InChI=1S/C26H17Br2FN2O6/c1-36-25(34)15-6-8-17(9-7-15)31-24(33)18(23(32)30-26(31)35)10-14-11-19(27)22(20(28)12-14)37-13-16-4-2-3-5-21(16)29/h2-12H,13H2,1H3,(H,30,32,35)/b18-10+. The number of amides is 4. The molecule has 0 bridgehead atoms. The zero-order valence-corrected chi connectivity index (χ0v) is 22.3. The molecule has 4 amide bonds. The van der Waals surface area contributed by atoms with Crippen LogP contribution in [0, 0.1) is 5.82 Å². The van der Waals surface area contributed by atoms with Crippen LogP contribution in [-0.4, -0.2) is 30.9 Å². The SMILES string of the molecule is COC(=O)c1ccc(N2C(=O)NC(=O)/C(=C\c3cc(Br)c(OCc4ccccc4F)c(Br)c3)C2=O)cc1. The predicted octanol–water partition coefficient (Wildman–Crippen LogP) is 5.38. The van der Waals surface area contributed by atoms with Crippen LogP contribution in [0.4, 0.5) is 14.9 Å². The van der Waals surface area contributed by atoms with Crippen molar-refractivity contribution in [1.82, 2.24) is 5.32 Å². The number of benzene rings is 3. The maximum Gasteiger partial charge on any atom is 0.337 e. The number of nitrogens with one attached hydrogen (secondary N) is 1. The van der Waals surface area contributed by atoms with Crippen LogP contribution in [0.15, 0.2) is 75.2 Å². The molecule has 1 aliphatic heterocycles. The molecule has 37 heavy (non-hydrogen) atoms. The lowest BCUT2D eigenvalue weighted by molar-refractivity contribution is -0.122. The van der Waals surface area contributed by atoms with E-state index >= 15 is 0 Å². The summed E-state index contributed by atoms with van der Waals surface area (Å²) < 4.78 is 25.3. The zero-order valence-electron chi connectivity index (χ0n) is 19.1. The minimum Gasteiger partial charge on any atom is -0.486 e. The van der Waals surface area contributed by atoms with Crippen molar-refractivity contribution in [2.45, 2.75) is 6.61 Å². The molecular weight excluding hydrogens is 615 g/mol. The second-order valence-corrected chi connectivity index (χ2v) is 9.40. The Bertz CT molecular complexity index is 1430. The van der Waals surface area contributed by atoms with Crippen molar-refractivity contribution in [3.8, 4) is 5.75 Å². The summed E-state index contributed by atoms with van der Waals surface area (Å²) in [5.41, 5.74) is 0.936. The lowest BCUT2D eigenvalue weighted by Crippen LogP contribution is -2.54. The molecule has 8 nitrogen and oxygen atoms in total. The first-order chi connectivity index (χ1) is 17.7. The van der Waals surface area contributed by atoms with E-state index in [0.29, 0.717) is 25.8 Å². The topological polar surface area (TPSA) is 102 Å². The second-order valence-electron chi connectivity index (χ2n) is 7.69. The number of esters is 1. The molecule has 3 aromatic rings. The van der Waals surface area contributed by atoms with Gasteiger partial charge in [-0.15, -0.1) is 0 Å². The Labute approximate surface area is 227 Å². The molecule has 1 N–H and O–H groups in total. The Hall–Kier alpha value is -3.83. The van der Waals surface area contributed by atoms with Crippen LogP contribution in [0.25, 0.3) is 6.08 Å². The van der Waals surface area contributed by atoms with Crippen molar-refractivity contribution in [3.63, 3.8) is 0 Å². The average Bonchev–Trinajstić information content (AvgIpc) is 2.87. The number of imide groups is 2. The van der Waals surface area contributed by atoms with Gasteiger partial charge in [0.1, 0.15) is 23.7 Å². The summed E-state index contributed by atoms with van der Waals surface area (Å²) in [7, 11) is 1.24. The van der Waals surface area contributed by atoms with E-state index in [4.69, 9.17) is 4.74 Å². The number of methoxy groups -OCH3 is 1. The van der Waals surface area contributed by atoms with E-state index in [1.54, 1.807) is 30.3 Å². The van der Waals surface area contributed by atoms with E-state index in [0.717, 1.165) is 4.90 Å². The third kappa shape index (κ3) is 5.62. The first-order valence-electron chi connectivity index (χ1n) is 10.6. The zero-order chi connectivity index (χ0) is 26.7. The maximum absolute atomic E-state index is 13.9. The number of carbonyl (C=O) groups is 4. The fraction of sp³-hybridized carbons (Fsp3) is 0.0769. The maximum atomic E-state index is 13.9. The number of nitrogens with zero attached hydrogens (tertiary/aromatic N) is 1. The first kappa shape index (κ1) is 26.2. The summed E-state index contributed by atoms with van der Waals surface area (Å²) in [4.78, 5) is 50.6. The highest BCUT2D eigenvalue weighted by Gasteiger charge is 2.37. The molecule has 0 spiro atoms. The minimum atomic E-state index is -0.919. The van der Waals surface area contributed by atoms with Gasteiger partial charge in [0.05, 0.1) is 27.3 Å². The molecule has 1 saturated heterocycles. The van der Waals surface area contributed by atoms with Crippen LogP contribution in [0.2, 0.25) is 0 Å². The second kappa shape index (κ2) is 11.1. The lowest BCUT2D eigenvalue weighted by atomic mass is 10.1. The number of ether oxygens (including phenoxy) is 2. The van der Waals surface area contributed by atoms with Gasteiger partial charge in [0.25, 0.3) is 11.8 Å². The van der Waals surface area contributed by atoms with Gasteiger partial charge in [0, 0.05) is 5.56 Å². The van der Waals surface area contributed by atoms with Crippen LogP contribution >= 0.6 is 31.9 Å². The number of hydrogen-bond donors (Lipinski definition) is 1. The van der Waals surface area contributed by atoms with Gasteiger partial charge in [-0.2, -0.15) is 0 Å². The summed E-state index contributed by atoms with van der Waals surface area (Å²) in [6.07, 6.45) is 1.33. The van der Waals surface area contributed by atoms with Gasteiger partial charge in [0.15, 0.2) is 0 Å². The lowest BCUT2D eigenvalue weighted by Gasteiger charge is -2.26. The molecule has 3 aromatic carbocycles. The van der Waals surface area contributed by atoms with Gasteiger partial charge in [-0.05, 0) is 86.0 Å². The van der Waals surface area contributed by atoms with Crippen molar-refractivity contribution in [2.24, 2.45) is 0 Å². The van der Waals surface area contributed by atoms with Crippen molar-refractivity contribution in [1.29, 1.82) is 0 Å². The van der Waals surface area contributed by atoms with Crippen molar-refractivity contribution in [3.05, 3.63) is 97.7 Å². The van der Waals surface area contributed by atoms with Gasteiger partial charge in [0.2, 0.25) is 0 Å². The molecule has 0 atom stereocenters.